The van der Waals surface area contributed by atoms with E-state index in [1.165, 1.54) is 31.2 Å². The van der Waals surface area contributed by atoms with Gasteiger partial charge in [-0.3, -0.25) is 9.69 Å². The third-order valence-corrected chi connectivity index (χ3v) is 7.58. The molecular formula is C26H35Cl2N3O2. The van der Waals surface area contributed by atoms with Crippen LogP contribution in [-0.2, 0) is 6.54 Å². The molecule has 2 aromatic carbocycles. The van der Waals surface area contributed by atoms with Gasteiger partial charge in [-0.1, -0.05) is 24.3 Å². The fraction of sp³-hybridized carbons (Fsp3) is 0.500. The Labute approximate surface area is 209 Å². The minimum absolute atomic E-state index is 0. The van der Waals surface area contributed by atoms with Crippen molar-refractivity contribution in [1.29, 1.82) is 0 Å². The summed E-state index contributed by atoms with van der Waals surface area (Å²) in [6.07, 6.45) is 4.97. The van der Waals surface area contributed by atoms with Gasteiger partial charge in [0.25, 0.3) is 5.91 Å². The number of amides is 1. The second-order valence-electron chi connectivity index (χ2n) is 9.46. The van der Waals surface area contributed by atoms with Crippen molar-refractivity contribution >= 4 is 30.7 Å². The molecule has 0 aromatic heterocycles. The molecule has 0 unspecified atom stereocenters. The van der Waals surface area contributed by atoms with Crippen LogP contribution in [0.1, 0.15) is 53.2 Å². The summed E-state index contributed by atoms with van der Waals surface area (Å²) in [7, 11) is 1.72. The molecule has 0 saturated carbocycles. The largest absolute Gasteiger partial charge is 0.497 e. The van der Waals surface area contributed by atoms with Crippen molar-refractivity contribution in [2.75, 3.05) is 26.7 Å². The molecule has 5 nitrogen and oxygen atoms in total. The third kappa shape index (κ3) is 5.17. The number of halogens is 2. The molecule has 33 heavy (non-hydrogen) atoms. The molecule has 4 atom stereocenters. The van der Waals surface area contributed by atoms with E-state index in [2.05, 4.69) is 34.1 Å². The van der Waals surface area contributed by atoms with Gasteiger partial charge in [0.2, 0.25) is 0 Å². The molecule has 3 saturated heterocycles. The van der Waals surface area contributed by atoms with Crippen LogP contribution in [0.2, 0.25) is 0 Å². The molecule has 180 valence electrons. The summed E-state index contributed by atoms with van der Waals surface area (Å²) >= 11 is 0. The minimum atomic E-state index is 0. The number of benzene rings is 2. The van der Waals surface area contributed by atoms with Crippen LogP contribution in [0.15, 0.2) is 48.5 Å². The first-order valence-corrected chi connectivity index (χ1v) is 11.6. The van der Waals surface area contributed by atoms with Gasteiger partial charge in [-0.15, -0.1) is 24.8 Å². The van der Waals surface area contributed by atoms with E-state index in [1.54, 1.807) is 7.11 Å². The summed E-state index contributed by atoms with van der Waals surface area (Å²) in [6.45, 7) is 3.29. The molecule has 3 heterocycles. The highest BCUT2D eigenvalue weighted by Crippen LogP contribution is 2.44. The van der Waals surface area contributed by atoms with E-state index in [-0.39, 0.29) is 30.7 Å². The lowest BCUT2D eigenvalue weighted by Gasteiger charge is -2.55. The topological polar surface area (TPSA) is 58.8 Å². The van der Waals surface area contributed by atoms with E-state index in [1.807, 2.05) is 24.3 Å². The second-order valence-corrected chi connectivity index (χ2v) is 9.46. The fourth-order valence-electron chi connectivity index (χ4n) is 6.17. The summed E-state index contributed by atoms with van der Waals surface area (Å²) in [4.78, 5) is 18.1. The van der Waals surface area contributed by atoms with Crippen LogP contribution in [-0.4, -0.2) is 48.5 Å². The van der Waals surface area contributed by atoms with Crippen molar-refractivity contribution in [3.05, 3.63) is 65.2 Å². The van der Waals surface area contributed by atoms with Gasteiger partial charge in [0, 0.05) is 43.8 Å². The Bertz CT molecular complexity index is 939. The first-order valence-electron chi connectivity index (χ1n) is 11.6. The molecule has 2 N–H and O–H groups in total. The number of likely N-dealkylation sites (tertiary alicyclic amines) is 1. The van der Waals surface area contributed by atoms with Gasteiger partial charge in [-0.25, -0.2) is 0 Å². The summed E-state index contributed by atoms with van der Waals surface area (Å²) in [5.41, 5.74) is 8.98. The van der Waals surface area contributed by atoms with Crippen LogP contribution in [0.4, 0.5) is 0 Å². The SMILES string of the molecule is COc1ccc([C@H]2CCC[C@H]3[C@@H]4C[C@@H](CN(C(=O)c5cccc(CN)c5)C4)CN23)cc1.Cl.Cl. The zero-order valence-electron chi connectivity index (χ0n) is 19.2. The molecule has 3 aliphatic heterocycles. The molecule has 3 aliphatic rings. The van der Waals surface area contributed by atoms with Gasteiger partial charge in [-0.2, -0.15) is 0 Å². The van der Waals surface area contributed by atoms with Gasteiger partial charge in [0.15, 0.2) is 0 Å². The highest BCUT2D eigenvalue weighted by Gasteiger charge is 2.45. The van der Waals surface area contributed by atoms with E-state index < -0.39 is 0 Å². The van der Waals surface area contributed by atoms with Crippen molar-refractivity contribution in [2.45, 2.75) is 44.3 Å². The third-order valence-electron chi connectivity index (χ3n) is 7.58. The van der Waals surface area contributed by atoms with E-state index in [0.29, 0.717) is 30.5 Å². The van der Waals surface area contributed by atoms with Gasteiger partial charge >= 0.3 is 0 Å². The molecule has 0 spiro atoms. The molecular weight excluding hydrogens is 457 g/mol. The van der Waals surface area contributed by atoms with Crippen molar-refractivity contribution in [2.24, 2.45) is 17.6 Å². The van der Waals surface area contributed by atoms with E-state index in [9.17, 15) is 4.79 Å². The lowest BCUT2D eigenvalue weighted by Crippen LogP contribution is -2.60. The summed E-state index contributed by atoms with van der Waals surface area (Å²) in [5.74, 6) is 2.20. The quantitative estimate of drug-likeness (QED) is 0.673. The number of methoxy groups -OCH3 is 1. The van der Waals surface area contributed by atoms with E-state index in [4.69, 9.17) is 10.5 Å². The predicted molar refractivity (Wildman–Crippen MR) is 136 cm³/mol. The minimum Gasteiger partial charge on any atom is -0.497 e. The Morgan fingerprint density at radius 2 is 1.85 bits per heavy atom. The molecule has 0 radical (unpaired) electrons. The number of carbonyl (C=O) groups excluding carboxylic acids is 1. The van der Waals surface area contributed by atoms with Crippen molar-refractivity contribution < 1.29 is 9.53 Å². The average Bonchev–Trinajstić information content (AvgIpc) is 2.83. The maximum Gasteiger partial charge on any atom is 0.253 e. The number of nitrogens with zero attached hydrogens (tertiary/aromatic N) is 2. The summed E-state index contributed by atoms with van der Waals surface area (Å²) in [5, 5.41) is 0. The van der Waals surface area contributed by atoms with Gasteiger partial charge < -0.3 is 15.4 Å². The Balaban J connectivity index is 0.00000153. The van der Waals surface area contributed by atoms with Crippen LogP contribution in [0.3, 0.4) is 0 Å². The highest BCUT2D eigenvalue weighted by atomic mass is 35.5. The van der Waals surface area contributed by atoms with Crippen molar-refractivity contribution in [3.63, 3.8) is 0 Å². The monoisotopic (exact) mass is 491 g/mol. The molecule has 3 fully saturated rings. The van der Waals surface area contributed by atoms with Crippen LogP contribution < -0.4 is 10.5 Å². The number of carbonyl (C=O) groups is 1. The molecule has 2 bridgehead atoms. The average molecular weight is 492 g/mol. The van der Waals surface area contributed by atoms with Crippen LogP contribution >= 0.6 is 24.8 Å². The number of nitrogens with two attached hydrogens (primary N) is 1. The fourth-order valence-corrected chi connectivity index (χ4v) is 6.17. The maximum atomic E-state index is 13.3. The second kappa shape index (κ2) is 11.1. The van der Waals surface area contributed by atoms with Crippen LogP contribution in [0.25, 0.3) is 0 Å². The zero-order valence-corrected chi connectivity index (χ0v) is 20.8. The van der Waals surface area contributed by atoms with Gasteiger partial charge in [0.05, 0.1) is 7.11 Å². The number of rotatable bonds is 4. The molecule has 0 aliphatic carbocycles. The lowest BCUT2D eigenvalue weighted by atomic mass is 9.73. The first-order chi connectivity index (χ1) is 15.2. The van der Waals surface area contributed by atoms with Crippen LogP contribution in [0.5, 0.6) is 5.75 Å². The first kappa shape index (κ1) is 25.8. The smallest absolute Gasteiger partial charge is 0.253 e. The Morgan fingerprint density at radius 1 is 1.06 bits per heavy atom. The number of ether oxygens (including phenoxy) is 1. The number of piperidine rings is 3. The number of hydrogen-bond donors (Lipinski definition) is 1. The Hall–Kier alpha value is -1.79. The molecule has 5 rings (SSSR count). The standard InChI is InChI=1S/C26H33N3O2.2ClH/c1-31-23-10-8-20(9-11-23)24-6-3-7-25-22-13-19(16-29(24)25)15-28(17-22)26(30)21-5-2-4-18(12-21)14-27;;/h2,4-5,8-12,19,22,24-25H,3,6-7,13-17,27H2,1H3;2*1H/t19-,22+,24+,25-;;/m0../s1. The Morgan fingerprint density at radius 3 is 2.58 bits per heavy atom. The van der Waals surface area contributed by atoms with Crippen molar-refractivity contribution in [3.8, 4) is 5.75 Å². The molecule has 1 amide bonds. The number of hydrogen-bond acceptors (Lipinski definition) is 4. The van der Waals surface area contributed by atoms with Gasteiger partial charge in [0.1, 0.15) is 5.75 Å². The maximum absolute atomic E-state index is 13.3. The molecule has 7 heteroatoms. The normalized spacial score (nSPS) is 26.4. The summed E-state index contributed by atoms with van der Waals surface area (Å²) < 4.78 is 5.35. The molecule has 2 aromatic rings. The van der Waals surface area contributed by atoms with E-state index >= 15 is 0 Å². The summed E-state index contributed by atoms with van der Waals surface area (Å²) in [6, 6.07) is 17.5. The van der Waals surface area contributed by atoms with Crippen molar-refractivity contribution in [1.82, 2.24) is 9.80 Å². The van der Waals surface area contributed by atoms with E-state index in [0.717, 1.165) is 36.5 Å². The lowest BCUT2D eigenvalue weighted by molar-refractivity contribution is -0.0511. The highest BCUT2D eigenvalue weighted by molar-refractivity contribution is 5.94. The number of fused-ring (bicyclic) bond motifs is 4. The Kier molecular flexibility index (Phi) is 8.68. The zero-order chi connectivity index (χ0) is 21.4. The van der Waals surface area contributed by atoms with Crippen LogP contribution in [0, 0.1) is 11.8 Å². The van der Waals surface area contributed by atoms with Gasteiger partial charge in [-0.05, 0) is 72.9 Å². The predicted octanol–water partition coefficient (Wildman–Crippen LogP) is 4.69.